The van der Waals surface area contributed by atoms with Crippen molar-refractivity contribution >= 4 is 11.9 Å². The second kappa shape index (κ2) is 8.54. The normalized spacial score (nSPS) is 19.9. The maximum absolute atomic E-state index is 12.5. The first-order valence-electron chi connectivity index (χ1n) is 9.83. The van der Waals surface area contributed by atoms with Crippen LogP contribution in [-0.4, -0.2) is 32.0 Å². The minimum atomic E-state index is -0.755. The molecule has 1 heterocycles. The van der Waals surface area contributed by atoms with Crippen molar-refractivity contribution < 1.29 is 14.7 Å². The van der Waals surface area contributed by atoms with E-state index in [1.54, 1.807) is 10.9 Å². The second-order valence-electron chi connectivity index (χ2n) is 8.13. The maximum Gasteiger partial charge on any atom is 0.306 e. The lowest BCUT2D eigenvalue weighted by atomic mass is 9.80. The number of aromatic nitrogens is 3. The minimum absolute atomic E-state index is 0.0549. The number of benzene rings is 1. The van der Waals surface area contributed by atoms with Crippen molar-refractivity contribution in [2.24, 2.45) is 11.8 Å². The zero-order valence-electron chi connectivity index (χ0n) is 16.6. The fraction of sp³-hybridized carbons (Fsp3) is 0.524. The first-order valence-corrected chi connectivity index (χ1v) is 9.83. The van der Waals surface area contributed by atoms with E-state index in [2.05, 4.69) is 41.6 Å². The molecule has 1 amide bonds. The van der Waals surface area contributed by atoms with Crippen LogP contribution in [0.5, 0.6) is 0 Å². The predicted molar refractivity (Wildman–Crippen MR) is 105 cm³/mol. The molecule has 1 fully saturated rings. The fourth-order valence-electron chi connectivity index (χ4n) is 3.47. The number of nitrogens with one attached hydrogen (secondary N) is 1. The summed E-state index contributed by atoms with van der Waals surface area (Å²) < 4.78 is 1.71. The molecule has 0 spiro atoms. The highest BCUT2D eigenvalue weighted by Crippen LogP contribution is 2.37. The molecule has 1 saturated carbocycles. The van der Waals surface area contributed by atoms with Gasteiger partial charge in [-0.1, -0.05) is 43.3 Å². The number of carboxylic acids is 1. The van der Waals surface area contributed by atoms with Gasteiger partial charge in [-0.25, -0.2) is 4.68 Å². The van der Waals surface area contributed by atoms with E-state index < -0.39 is 5.97 Å². The van der Waals surface area contributed by atoms with E-state index >= 15 is 0 Å². The SMILES string of the molecule is CC(C)Cc1ccc([C@H](C)C(=O)NCc2cn(C3CC(C(=O)O)C3)nn2)cc1. The Kier molecular flexibility index (Phi) is 6.11. The van der Waals surface area contributed by atoms with E-state index in [1.807, 2.05) is 19.1 Å². The highest BCUT2D eigenvalue weighted by atomic mass is 16.4. The van der Waals surface area contributed by atoms with Crippen LogP contribution in [0.3, 0.4) is 0 Å². The highest BCUT2D eigenvalue weighted by molar-refractivity contribution is 5.83. The van der Waals surface area contributed by atoms with Gasteiger partial charge in [0, 0.05) is 0 Å². The van der Waals surface area contributed by atoms with Crippen molar-refractivity contribution in [3.8, 4) is 0 Å². The Balaban J connectivity index is 1.49. The average Bonchev–Trinajstić information content (AvgIpc) is 3.06. The van der Waals surface area contributed by atoms with Crippen LogP contribution in [0.4, 0.5) is 0 Å². The predicted octanol–water partition coefficient (Wildman–Crippen LogP) is 2.93. The largest absolute Gasteiger partial charge is 0.481 e. The van der Waals surface area contributed by atoms with Gasteiger partial charge in [0.2, 0.25) is 5.91 Å². The number of carbonyl (C=O) groups is 2. The molecule has 1 aliphatic rings. The zero-order chi connectivity index (χ0) is 20.3. The van der Waals surface area contributed by atoms with E-state index in [0.717, 1.165) is 12.0 Å². The Morgan fingerprint density at radius 2 is 1.89 bits per heavy atom. The van der Waals surface area contributed by atoms with E-state index in [1.165, 1.54) is 5.56 Å². The summed E-state index contributed by atoms with van der Waals surface area (Å²) in [6, 6.07) is 8.31. The third-order valence-corrected chi connectivity index (χ3v) is 5.35. The van der Waals surface area contributed by atoms with Gasteiger partial charge >= 0.3 is 5.97 Å². The number of hydrogen-bond donors (Lipinski definition) is 2. The van der Waals surface area contributed by atoms with E-state index in [-0.39, 0.29) is 23.8 Å². The van der Waals surface area contributed by atoms with Crippen LogP contribution >= 0.6 is 0 Å². The Morgan fingerprint density at radius 1 is 1.21 bits per heavy atom. The van der Waals surface area contributed by atoms with Gasteiger partial charge in [0.05, 0.1) is 30.6 Å². The van der Waals surface area contributed by atoms with Gasteiger partial charge in [-0.2, -0.15) is 0 Å². The summed E-state index contributed by atoms with van der Waals surface area (Å²) in [6.07, 6.45) is 3.97. The zero-order valence-corrected chi connectivity index (χ0v) is 16.6. The summed E-state index contributed by atoms with van der Waals surface area (Å²) in [5.41, 5.74) is 2.94. The lowest BCUT2D eigenvalue weighted by Crippen LogP contribution is -2.32. The summed E-state index contributed by atoms with van der Waals surface area (Å²) in [5, 5.41) is 20.0. The van der Waals surface area contributed by atoms with Gasteiger partial charge in [-0.05, 0) is 43.2 Å². The molecule has 7 nitrogen and oxygen atoms in total. The third-order valence-electron chi connectivity index (χ3n) is 5.35. The summed E-state index contributed by atoms with van der Waals surface area (Å²) >= 11 is 0. The molecule has 0 saturated heterocycles. The number of carboxylic acid groups (broad SMARTS) is 1. The molecular formula is C21H28N4O3. The van der Waals surface area contributed by atoms with Crippen LogP contribution in [-0.2, 0) is 22.6 Å². The molecule has 3 rings (SSSR count). The second-order valence-corrected chi connectivity index (χ2v) is 8.13. The molecular weight excluding hydrogens is 356 g/mol. The Hall–Kier alpha value is -2.70. The summed E-state index contributed by atoms with van der Waals surface area (Å²) in [5.74, 6) is -0.734. The monoisotopic (exact) mass is 384 g/mol. The van der Waals surface area contributed by atoms with E-state index in [9.17, 15) is 9.59 Å². The smallest absolute Gasteiger partial charge is 0.306 e. The number of carbonyl (C=O) groups excluding carboxylic acids is 1. The fourth-order valence-corrected chi connectivity index (χ4v) is 3.47. The number of rotatable bonds is 8. The van der Waals surface area contributed by atoms with Crippen LogP contribution in [0.25, 0.3) is 0 Å². The van der Waals surface area contributed by atoms with Crippen molar-refractivity contribution in [1.29, 1.82) is 0 Å². The molecule has 0 bridgehead atoms. The molecule has 0 aliphatic heterocycles. The van der Waals surface area contributed by atoms with Crippen molar-refractivity contribution in [2.75, 3.05) is 0 Å². The van der Waals surface area contributed by atoms with Crippen LogP contribution in [0.2, 0.25) is 0 Å². The Bertz CT molecular complexity index is 822. The number of aliphatic carboxylic acids is 1. The first kappa shape index (κ1) is 20.0. The van der Waals surface area contributed by atoms with Crippen molar-refractivity contribution in [3.05, 3.63) is 47.3 Å². The first-order chi connectivity index (χ1) is 13.3. The molecule has 0 radical (unpaired) electrons. The molecule has 1 aromatic heterocycles. The summed E-state index contributed by atoms with van der Waals surface area (Å²) in [7, 11) is 0. The minimum Gasteiger partial charge on any atom is -0.481 e. The lowest BCUT2D eigenvalue weighted by Gasteiger charge is -2.31. The molecule has 2 N–H and O–H groups in total. The summed E-state index contributed by atoms with van der Waals surface area (Å²) in [4.78, 5) is 23.4. The standard InChI is InChI=1S/C21H28N4O3/c1-13(2)8-15-4-6-16(7-5-15)14(3)20(26)22-11-18-12-25(24-23-18)19-9-17(10-19)21(27)28/h4-7,12-14,17,19H,8-11H2,1-3H3,(H,22,26)(H,27,28)/t14-,17?,19?/m0/s1. The van der Waals surface area contributed by atoms with Crippen molar-refractivity contribution in [3.63, 3.8) is 0 Å². The van der Waals surface area contributed by atoms with Gasteiger partial charge in [0.25, 0.3) is 0 Å². The van der Waals surface area contributed by atoms with Gasteiger partial charge < -0.3 is 10.4 Å². The molecule has 0 unspecified atom stereocenters. The quantitative estimate of drug-likeness (QED) is 0.729. The molecule has 7 heteroatoms. The van der Waals surface area contributed by atoms with E-state index in [4.69, 9.17) is 5.11 Å². The lowest BCUT2D eigenvalue weighted by molar-refractivity contribution is -0.146. The van der Waals surface area contributed by atoms with Gasteiger partial charge in [0.1, 0.15) is 5.69 Å². The maximum atomic E-state index is 12.5. The van der Waals surface area contributed by atoms with Crippen molar-refractivity contribution in [1.82, 2.24) is 20.3 Å². The van der Waals surface area contributed by atoms with Crippen LogP contribution < -0.4 is 5.32 Å². The van der Waals surface area contributed by atoms with Gasteiger partial charge in [0.15, 0.2) is 0 Å². The number of nitrogens with zero attached hydrogens (tertiary/aromatic N) is 3. The Labute approximate surface area is 165 Å². The molecule has 1 aliphatic carbocycles. The highest BCUT2D eigenvalue weighted by Gasteiger charge is 2.36. The van der Waals surface area contributed by atoms with Gasteiger partial charge in [-0.15, -0.1) is 5.10 Å². The molecule has 150 valence electrons. The molecule has 2 aromatic rings. The molecule has 28 heavy (non-hydrogen) atoms. The van der Waals surface area contributed by atoms with Crippen molar-refractivity contribution in [2.45, 2.75) is 58.5 Å². The number of hydrogen-bond acceptors (Lipinski definition) is 4. The average molecular weight is 384 g/mol. The van der Waals surface area contributed by atoms with Crippen LogP contribution in [0, 0.1) is 11.8 Å². The topological polar surface area (TPSA) is 97.1 Å². The summed E-state index contributed by atoms with van der Waals surface area (Å²) in [6.45, 7) is 6.58. The van der Waals surface area contributed by atoms with E-state index in [0.29, 0.717) is 31.0 Å². The Morgan fingerprint density at radius 3 is 2.50 bits per heavy atom. The van der Waals surface area contributed by atoms with Crippen LogP contribution in [0.15, 0.2) is 30.5 Å². The van der Waals surface area contributed by atoms with Gasteiger partial charge in [-0.3, -0.25) is 9.59 Å². The third kappa shape index (κ3) is 4.77. The number of amides is 1. The molecule has 1 atom stereocenters. The van der Waals surface area contributed by atoms with Crippen LogP contribution in [0.1, 0.15) is 62.4 Å². The molecule has 1 aromatic carbocycles.